The molecule has 0 saturated carbocycles. The quantitative estimate of drug-likeness (QED) is 0.191. The lowest BCUT2D eigenvalue weighted by Crippen LogP contribution is -2.27. The molecule has 9 nitrogen and oxygen atoms in total. The lowest BCUT2D eigenvalue weighted by Gasteiger charge is -2.15. The number of rotatable bonds is 7. The number of carbonyl (C=O) groups excluding carboxylic acids is 1. The lowest BCUT2D eigenvalue weighted by molar-refractivity contribution is -0.125. The number of likely N-dealkylation sites (N-methyl/N-ethyl adjacent to an activating group) is 1. The first-order valence-electron chi connectivity index (χ1n) is 11.6. The van der Waals surface area contributed by atoms with Crippen molar-refractivity contribution in [1.29, 1.82) is 0 Å². The highest BCUT2D eigenvalue weighted by atomic mass is 127. The maximum atomic E-state index is 12.6. The van der Waals surface area contributed by atoms with Crippen LogP contribution >= 0.6 is 22.9 Å². The summed E-state index contributed by atoms with van der Waals surface area (Å²) < 4.78 is 9.80. The topological polar surface area (TPSA) is 102 Å². The number of nitrogen functional groups attached to an aromatic ring is 1. The zero-order valence-electron chi connectivity index (χ0n) is 19.8. The molecular formula is C26H26IN7O2. The number of fused-ring (bicyclic) bond motifs is 1. The van der Waals surface area contributed by atoms with Gasteiger partial charge in [0, 0.05) is 54.1 Å². The fourth-order valence-corrected chi connectivity index (χ4v) is 4.53. The number of likely N-dealkylation sites (tertiary alicyclic amines) is 1. The molecule has 3 heterocycles. The number of para-hydroxylation sites is 1. The first kappa shape index (κ1) is 24.2. The average molecular weight is 595 g/mol. The van der Waals surface area contributed by atoms with Gasteiger partial charge < -0.3 is 15.4 Å². The molecule has 184 valence electrons. The third kappa shape index (κ3) is 5.19. The van der Waals surface area contributed by atoms with E-state index in [1.54, 1.807) is 6.08 Å². The maximum Gasteiger partial charge on any atom is 0.246 e. The molecule has 0 bridgehead atoms. The van der Waals surface area contributed by atoms with Gasteiger partial charge in [-0.3, -0.25) is 4.79 Å². The monoisotopic (exact) mass is 595 g/mol. The van der Waals surface area contributed by atoms with Crippen LogP contribution in [0.2, 0.25) is 0 Å². The van der Waals surface area contributed by atoms with Gasteiger partial charge in [-0.1, -0.05) is 24.3 Å². The van der Waals surface area contributed by atoms with Gasteiger partial charge in [-0.25, -0.2) is 17.8 Å². The van der Waals surface area contributed by atoms with Gasteiger partial charge in [0.05, 0.1) is 11.4 Å². The highest BCUT2D eigenvalue weighted by Gasteiger charge is 2.30. The third-order valence-corrected chi connectivity index (χ3v) is 6.46. The van der Waals surface area contributed by atoms with Crippen LogP contribution in [-0.2, 0) is 4.79 Å². The van der Waals surface area contributed by atoms with E-state index in [0.717, 1.165) is 23.5 Å². The smallest absolute Gasteiger partial charge is 0.246 e. The second-order valence-electron chi connectivity index (χ2n) is 8.61. The molecular weight excluding hydrogens is 569 g/mol. The van der Waals surface area contributed by atoms with Crippen LogP contribution in [-0.4, -0.2) is 60.4 Å². The number of nitrogens with zero attached hydrogens (tertiary/aromatic N) is 6. The van der Waals surface area contributed by atoms with Gasteiger partial charge in [-0.2, -0.15) is 5.10 Å². The first-order valence-corrected chi connectivity index (χ1v) is 12.6. The number of hydrogen-bond donors (Lipinski definition) is 1. The van der Waals surface area contributed by atoms with E-state index in [1.807, 2.05) is 80.4 Å². The normalized spacial score (nSPS) is 15.9. The Morgan fingerprint density at radius 3 is 2.67 bits per heavy atom. The molecule has 36 heavy (non-hydrogen) atoms. The largest absolute Gasteiger partial charge is 0.457 e. The summed E-state index contributed by atoms with van der Waals surface area (Å²) in [5, 5.41) is 5.64. The van der Waals surface area contributed by atoms with Gasteiger partial charge in [0.1, 0.15) is 29.3 Å². The molecule has 0 radical (unpaired) electrons. The summed E-state index contributed by atoms with van der Waals surface area (Å²) in [5.74, 6) is 1.89. The minimum absolute atomic E-state index is 0.000774. The Balaban J connectivity index is 1.40. The van der Waals surface area contributed by atoms with E-state index in [9.17, 15) is 4.79 Å². The summed E-state index contributed by atoms with van der Waals surface area (Å²) in [4.78, 5) is 23.2. The predicted molar refractivity (Wildman–Crippen MR) is 148 cm³/mol. The Hall–Kier alpha value is -3.51. The highest BCUT2D eigenvalue weighted by molar-refractivity contribution is 14.1. The van der Waals surface area contributed by atoms with Gasteiger partial charge in [-0.05, 0) is 49.9 Å². The summed E-state index contributed by atoms with van der Waals surface area (Å²) in [7, 11) is 1.96. The SMILES string of the molecule is CN(I)C/C=C/C(=O)N1CCC(n2nc(-c3ccc(Oc4ccccc4)cc3)c3c(N)ncnc32)C1. The number of nitrogens with two attached hydrogens (primary N) is 1. The van der Waals surface area contributed by atoms with Crippen molar-refractivity contribution in [3.05, 3.63) is 73.1 Å². The molecule has 0 spiro atoms. The molecule has 1 aliphatic rings. The zero-order chi connectivity index (χ0) is 25.1. The molecule has 2 aromatic heterocycles. The van der Waals surface area contributed by atoms with E-state index in [1.165, 1.54) is 6.33 Å². The van der Waals surface area contributed by atoms with Crippen molar-refractivity contribution < 1.29 is 9.53 Å². The van der Waals surface area contributed by atoms with E-state index < -0.39 is 0 Å². The van der Waals surface area contributed by atoms with Crippen molar-refractivity contribution in [3.63, 3.8) is 0 Å². The van der Waals surface area contributed by atoms with E-state index in [0.29, 0.717) is 42.2 Å². The molecule has 0 aliphatic carbocycles. The minimum Gasteiger partial charge on any atom is -0.457 e. The fourth-order valence-electron chi connectivity index (χ4n) is 4.30. The van der Waals surface area contributed by atoms with Crippen molar-refractivity contribution in [2.24, 2.45) is 0 Å². The fraction of sp³-hybridized carbons (Fsp3) is 0.231. The molecule has 10 heteroatoms. The summed E-state index contributed by atoms with van der Waals surface area (Å²) in [6.45, 7) is 1.94. The second-order valence-corrected chi connectivity index (χ2v) is 10.3. The molecule has 1 unspecified atom stereocenters. The van der Waals surface area contributed by atoms with Gasteiger partial charge in [0.2, 0.25) is 5.91 Å². The molecule has 4 aromatic rings. The lowest BCUT2D eigenvalue weighted by atomic mass is 10.1. The maximum absolute atomic E-state index is 12.6. The molecule has 1 fully saturated rings. The Bertz CT molecular complexity index is 1390. The van der Waals surface area contributed by atoms with Crippen LogP contribution in [0, 0.1) is 0 Å². The molecule has 5 rings (SSSR count). The number of carbonyl (C=O) groups is 1. The van der Waals surface area contributed by atoms with Crippen molar-refractivity contribution in [2.75, 3.05) is 32.4 Å². The summed E-state index contributed by atoms with van der Waals surface area (Å²) >= 11 is 2.19. The van der Waals surface area contributed by atoms with Crippen LogP contribution in [0.1, 0.15) is 12.5 Å². The van der Waals surface area contributed by atoms with E-state index in [-0.39, 0.29) is 11.9 Å². The van der Waals surface area contributed by atoms with Gasteiger partial charge >= 0.3 is 0 Å². The number of ether oxygens (including phenoxy) is 1. The van der Waals surface area contributed by atoms with Crippen LogP contribution < -0.4 is 10.5 Å². The summed E-state index contributed by atoms with van der Waals surface area (Å²) in [5.41, 5.74) is 8.55. The van der Waals surface area contributed by atoms with Crippen LogP contribution in [0.15, 0.2) is 73.1 Å². The Kier molecular flexibility index (Phi) is 7.14. The standard InChI is InChI=1S/C26H26IN7O2/c1-32(27)14-5-8-22(35)33-15-13-19(16-33)34-26-23(25(28)29-17-30-26)24(31-34)18-9-11-21(12-10-18)36-20-6-3-2-4-7-20/h2-12,17,19H,13-16H2,1H3,(H2,28,29,30)/b8-5+. The summed E-state index contributed by atoms with van der Waals surface area (Å²) in [6.07, 6.45) is 5.76. The average Bonchev–Trinajstić information content (AvgIpc) is 3.51. The van der Waals surface area contributed by atoms with Crippen molar-refractivity contribution >= 4 is 45.6 Å². The molecule has 1 amide bonds. The number of halogens is 1. The number of benzene rings is 2. The van der Waals surface area contributed by atoms with E-state index in [4.69, 9.17) is 15.6 Å². The first-order chi connectivity index (χ1) is 17.5. The number of anilines is 1. The Labute approximate surface area is 223 Å². The third-order valence-electron chi connectivity index (χ3n) is 6.06. The summed E-state index contributed by atoms with van der Waals surface area (Å²) in [6, 6.07) is 17.4. The van der Waals surface area contributed by atoms with E-state index >= 15 is 0 Å². The molecule has 2 N–H and O–H groups in total. The van der Waals surface area contributed by atoms with Crippen LogP contribution in [0.4, 0.5) is 5.82 Å². The van der Waals surface area contributed by atoms with Gasteiger partial charge in [-0.15, -0.1) is 0 Å². The van der Waals surface area contributed by atoms with Crippen LogP contribution in [0.25, 0.3) is 22.3 Å². The number of hydrogen-bond acceptors (Lipinski definition) is 7. The Morgan fingerprint density at radius 1 is 1.17 bits per heavy atom. The molecule has 1 atom stereocenters. The molecule has 1 saturated heterocycles. The van der Waals surface area contributed by atoms with Gasteiger partial charge in [0.15, 0.2) is 5.65 Å². The van der Waals surface area contributed by atoms with E-state index in [2.05, 4.69) is 32.8 Å². The highest BCUT2D eigenvalue weighted by Crippen LogP contribution is 2.35. The Morgan fingerprint density at radius 2 is 1.92 bits per heavy atom. The van der Waals surface area contributed by atoms with Gasteiger partial charge in [0.25, 0.3) is 0 Å². The predicted octanol–water partition coefficient (Wildman–Crippen LogP) is 4.48. The van der Waals surface area contributed by atoms with Crippen molar-refractivity contribution in [3.8, 4) is 22.8 Å². The zero-order valence-corrected chi connectivity index (χ0v) is 21.9. The van der Waals surface area contributed by atoms with Crippen LogP contribution in [0.3, 0.4) is 0 Å². The minimum atomic E-state index is 0.000774. The number of aromatic nitrogens is 4. The second kappa shape index (κ2) is 10.6. The van der Waals surface area contributed by atoms with Crippen molar-refractivity contribution in [1.82, 2.24) is 27.8 Å². The molecule has 1 aliphatic heterocycles. The van der Waals surface area contributed by atoms with Crippen molar-refractivity contribution in [2.45, 2.75) is 12.5 Å². The molecule has 2 aromatic carbocycles. The van der Waals surface area contributed by atoms with Crippen LogP contribution in [0.5, 0.6) is 11.5 Å². The number of amides is 1.